The summed E-state index contributed by atoms with van der Waals surface area (Å²) >= 11 is 0. The number of carbonyl (C=O) groups is 2. The van der Waals surface area contributed by atoms with Crippen molar-refractivity contribution in [3.05, 3.63) is 53.6 Å². The standard InChI is InChI=1S/C23H25NO5/c1-4-28-22-14-17(10-13-21(22)27-3)19-6-5-7-20(24-19)23(26)16-8-11-18(12-9-16)29-15(2)25/h8-14,20H,4-7H2,1-3H3. The van der Waals surface area contributed by atoms with Crippen molar-refractivity contribution in [3.8, 4) is 17.2 Å². The van der Waals surface area contributed by atoms with Gasteiger partial charge in [-0.1, -0.05) is 0 Å². The maximum absolute atomic E-state index is 12.9. The number of ketones is 1. The highest BCUT2D eigenvalue weighted by molar-refractivity contribution is 6.06. The zero-order chi connectivity index (χ0) is 20.8. The summed E-state index contributed by atoms with van der Waals surface area (Å²) < 4.78 is 16.0. The van der Waals surface area contributed by atoms with Crippen molar-refractivity contribution in [3.63, 3.8) is 0 Å². The summed E-state index contributed by atoms with van der Waals surface area (Å²) in [5.41, 5.74) is 2.40. The average molecular weight is 395 g/mol. The Kier molecular flexibility index (Phi) is 6.65. The lowest BCUT2D eigenvalue weighted by Gasteiger charge is -2.21. The molecule has 0 saturated carbocycles. The van der Waals surface area contributed by atoms with Crippen LogP contribution in [-0.4, -0.2) is 37.2 Å². The molecule has 2 aromatic carbocycles. The van der Waals surface area contributed by atoms with Crippen LogP contribution in [0.25, 0.3) is 0 Å². The van der Waals surface area contributed by atoms with Gasteiger partial charge in [0.25, 0.3) is 0 Å². The molecular weight excluding hydrogens is 370 g/mol. The van der Waals surface area contributed by atoms with Gasteiger partial charge in [0.1, 0.15) is 11.8 Å². The van der Waals surface area contributed by atoms with E-state index in [2.05, 4.69) is 0 Å². The number of esters is 1. The quantitative estimate of drug-likeness (QED) is 0.398. The van der Waals surface area contributed by atoms with Crippen LogP contribution in [0.3, 0.4) is 0 Å². The van der Waals surface area contributed by atoms with Crippen LogP contribution in [0.5, 0.6) is 17.2 Å². The molecular formula is C23H25NO5. The first-order valence-corrected chi connectivity index (χ1v) is 9.72. The van der Waals surface area contributed by atoms with E-state index in [-0.39, 0.29) is 5.78 Å². The Morgan fingerprint density at radius 2 is 1.86 bits per heavy atom. The van der Waals surface area contributed by atoms with Crippen LogP contribution in [0.15, 0.2) is 47.5 Å². The van der Waals surface area contributed by atoms with E-state index in [9.17, 15) is 9.59 Å². The molecule has 1 heterocycles. The first-order chi connectivity index (χ1) is 14.0. The highest BCUT2D eigenvalue weighted by atomic mass is 16.5. The van der Waals surface area contributed by atoms with Gasteiger partial charge >= 0.3 is 5.97 Å². The van der Waals surface area contributed by atoms with Crippen LogP contribution >= 0.6 is 0 Å². The van der Waals surface area contributed by atoms with Crippen molar-refractivity contribution in [1.29, 1.82) is 0 Å². The Balaban J connectivity index is 1.81. The van der Waals surface area contributed by atoms with Crippen LogP contribution in [0, 0.1) is 0 Å². The third-order valence-electron chi connectivity index (χ3n) is 4.70. The van der Waals surface area contributed by atoms with E-state index in [1.165, 1.54) is 6.92 Å². The number of rotatable bonds is 7. The zero-order valence-electron chi connectivity index (χ0n) is 16.9. The van der Waals surface area contributed by atoms with Gasteiger partial charge in [-0.3, -0.25) is 14.6 Å². The van der Waals surface area contributed by atoms with Gasteiger partial charge in [0, 0.05) is 18.2 Å². The molecule has 29 heavy (non-hydrogen) atoms. The number of benzene rings is 2. The second-order valence-electron chi connectivity index (χ2n) is 6.76. The predicted molar refractivity (Wildman–Crippen MR) is 110 cm³/mol. The average Bonchev–Trinajstić information content (AvgIpc) is 2.73. The molecule has 0 radical (unpaired) electrons. The minimum Gasteiger partial charge on any atom is -0.493 e. The molecule has 3 rings (SSSR count). The van der Waals surface area contributed by atoms with Gasteiger partial charge in [0.2, 0.25) is 0 Å². The summed E-state index contributed by atoms with van der Waals surface area (Å²) in [7, 11) is 1.61. The molecule has 0 spiro atoms. The van der Waals surface area contributed by atoms with Crippen molar-refractivity contribution in [1.82, 2.24) is 0 Å². The van der Waals surface area contributed by atoms with Gasteiger partial charge in [-0.05, 0) is 74.2 Å². The number of Topliss-reactive ketones (excluding diaryl/α,β-unsaturated/α-hetero) is 1. The molecule has 0 saturated heterocycles. The molecule has 1 atom stereocenters. The van der Waals surface area contributed by atoms with Gasteiger partial charge in [0.05, 0.1) is 13.7 Å². The van der Waals surface area contributed by atoms with Gasteiger partial charge in [0.15, 0.2) is 17.3 Å². The lowest BCUT2D eigenvalue weighted by molar-refractivity contribution is -0.131. The third kappa shape index (κ3) is 5.02. The zero-order valence-corrected chi connectivity index (χ0v) is 16.9. The van der Waals surface area contributed by atoms with Gasteiger partial charge in [-0.2, -0.15) is 0 Å². The fraction of sp³-hybridized carbons (Fsp3) is 0.348. The molecule has 152 valence electrons. The van der Waals surface area contributed by atoms with Crippen molar-refractivity contribution in [2.75, 3.05) is 13.7 Å². The SMILES string of the molecule is CCOc1cc(C2=NC(C(=O)c3ccc(OC(C)=O)cc3)CCC2)ccc1OC. The van der Waals surface area contributed by atoms with E-state index in [0.717, 1.165) is 24.1 Å². The van der Waals surface area contributed by atoms with Crippen molar-refractivity contribution >= 4 is 17.5 Å². The number of carbonyl (C=O) groups excluding carboxylic acids is 2. The maximum atomic E-state index is 12.9. The number of nitrogens with zero attached hydrogens (tertiary/aromatic N) is 1. The van der Waals surface area contributed by atoms with Crippen molar-refractivity contribution < 1.29 is 23.8 Å². The summed E-state index contributed by atoms with van der Waals surface area (Å²) in [4.78, 5) is 28.7. The smallest absolute Gasteiger partial charge is 0.308 e. The Hall–Kier alpha value is -3.15. The second-order valence-corrected chi connectivity index (χ2v) is 6.76. The summed E-state index contributed by atoms with van der Waals surface area (Å²) in [6.07, 6.45) is 2.41. The lowest BCUT2D eigenvalue weighted by atomic mass is 9.93. The summed E-state index contributed by atoms with van der Waals surface area (Å²) in [6.45, 7) is 3.80. The van der Waals surface area contributed by atoms with Gasteiger partial charge in [-0.15, -0.1) is 0 Å². The van der Waals surface area contributed by atoms with Crippen molar-refractivity contribution in [2.45, 2.75) is 39.2 Å². The fourth-order valence-electron chi connectivity index (χ4n) is 3.36. The van der Waals surface area contributed by atoms with Gasteiger partial charge < -0.3 is 14.2 Å². The lowest BCUT2D eigenvalue weighted by Crippen LogP contribution is -2.25. The Morgan fingerprint density at radius 3 is 2.52 bits per heavy atom. The van der Waals surface area contributed by atoms with Crippen LogP contribution < -0.4 is 14.2 Å². The highest BCUT2D eigenvalue weighted by Crippen LogP contribution is 2.30. The normalized spacial score (nSPS) is 16.0. The monoisotopic (exact) mass is 395 g/mol. The molecule has 1 unspecified atom stereocenters. The van der Waals surface area contributed by atoms with Crippen LogP contribution in [0.4, 0.5) is 0 Å². The molecule has 2 aromatic rings. The molecule has 0 fully saturated rings. The van der Waals surface area contributed by atoms with E-state index in [4.69, 9.17) is 19.2 Å². The number of ether oxygens (including phenoxy) is 3. The first-order valence-electron chi connectivity index (χ1n) is 9.72. The molecule has 6 heteroatoms. The minimum atomic E-state index is -0.420. The van der Waals surface area contributed by atoms with E-state index < -0.39 is 12.0 Å². The molecule has 1 aliphatic rings. The maximum Gasteiger partial charge on any atom is 0.308 e. The second kappa shape index (κ2) is 9.37. The molecule has 6 nitrogen and oxygen atoms in total. The molecule has 0 N–H and O–H groups in total. The minimum absolute atomic E-state index is 0.0323. The molecule has 0 amide bonds. The van der Waals surface area contributed by atoms with Crippen LogP contribution in [0.2, 0.25) is 0 Å². The van der Waals surface area contributed by atoms with Gasteiger partial charge in [-0.25, -0.2) is 0 Å². The van der Waals surface area contributed by atoms with E-state index >= 15 is 0 Å². The molecule has 0 bridgehead atoms. The van der Waals surface area contributed by atoms with E-state index in [1.807, 2.05) is 25.1 Å². The number of hydrogen-bond acceptors (Lipinski definition) is 6. The van der Waals surface area contributed by atoms with Crippen LogP contribution in [-0.2, 0) is 4.79 Å². The summed E-state index contributed by atoms with van der Waals surface area (Å²) in [6, 6.07) is 11.9. The van der Waals surface area contributed by atoms with E-state index in [0.29, 0.717) is 35.8 Å². The Morgan fingerprint density at radius 1 is 1.10 bits per heavy atom. The molecule has 0 aliphatic carbocycles. The summed E-state index contributed by atoms with van der Waals surface area (Å²) in [5.74, 6) is 1.34. The first kappa shape index (κ1) is 20.6. The molecule has 1 aliphatic heterocycles. The van der Waals surface area contributed by atoms with Crippen molar-refractivity contribution in [2.24, 2.45) is 4.99 Å². The number of methoxy groups -OCH3 is 1. The highest BCUT2D eigenvalue weighted by Gasteiger charge is 2.24. The van der Waals surface area contributed by atoms with Crippen LogP contribution in [0.1, 0.15) is 49.0 Å². The number of aliphatic imine (C=N–C) groups is 1. The Bertz CT molecular complexity index is 917. The Labute approximate surface area is 170 Å². The molecule has 0 aromatic heterocycles. The largest absolute Gasteiger partial charge is 0.493 e. The third-order valence-corrected chi connectivity index (χ3v) is 4.70. The summed E-state index contributed by atoms with van der Waals surface area (Å²) in [5, 5.41) is 0. The number of hydrogen-bond donors (Lipinski definition) is 0. The van der Waals surface area contributed by atoms with E-state index in [1.54, 1.807) is 31.4 Å². The predicted octanol–water partition coefficient (Wildman–Crippen LogP) is 4.24. The fourth-order valence-corrected chi connectivity index (χ4v) is 3.36. The topological polar surface area (TPSA) is 74.2 Å².